The SMILES string of the molecule is COc1cc(N)c(Cl)cc1C(=O)NCC1CCN(CC(OC(N)=O)c2ccc(F)c(F)c2)CC1. The van der Waals surface area contributed by atoms with Gasteiger partial charge in [-0.3, -0.25) is 9.69 Å². The van der Waals surface area contributed by atoms with Gasteiger partial charge in [-0.2, -0.15) is 0 Å². The molecule has 1 fully saturated rings. The first kappa shape index (κ1) is 25.5. The molecule has 1 aliphatic rings. The lowest BCUT2D eigenvalue weighted by molar-refractivity contribution is 0.0630. The quantitative estimate of drug-likeness (QED) is 0.481. The summed E-state index contributed by atoms with van der Waals surface area (Å²) in [5.74, 6) is -1.75. The van der Waals surface area contributed by atoms with Crippen molar-refractivity contribution in [3.8, 4) is 5.75 Å². The minimum atomic E-state index is -1.02. The molecule has 1 saturated heterocycles. The number of amides is 2. The van der Waals surface area contributed by atoms with Crippen molar-refractivity contribution in [1.29, 1.82) is 0 Å². The minimum Gasteiger partial charge on any atom is -0.496 e. The molecule has 2 aromatic rings. The van der Waals surface area contributed by atoms with E-state index in [0.29, 0.717) is 42.2 Å². The highest BCUT2D eigenvalue weighted by Crippen LogP contribution is 2.29. The van der Waals surface area contributed by atoms with Crippen LogP contribution in [0.25, 0.3) is 0 Å². The van der Waals surface area contributed by atoms with Crippen molar-refractivity contribution in [1.82, 2.24) is 10.2 Å². The van der Waals surface area contributed by atoms with Gasteiger partial charge in [-0.1, -0.05) is 17.7 Å². The second-order valence-corrected chi connectivity index (χ2v) is 8.53. The lowest BCUT2D eigenvalue weighted by atomic mass is 9.96. The van der Waals surface area contributed by atoms with E-state index < -0.39 is 23.8 Å². The first-order chi connectivity index (χ1) is 16.2. The van der Waals surface area contributed by atoms with E-state index in [1.54, 1.807) is 0 Å². The van der Waals surface area contributed by atoms with Crippen LogP contribution in [0.3, 0.4) is 0 Å². The molecular formula is C23H27ClF2N4O4. The van der Waals surface area contributed by atoms with E-state index in [1.807, 2.05) is 0 Å². The number of likely N-dealkylation sites (tertiary alicyclic amines) is 1. The van der Waals surface area contributed by atoms with Crippen LogP contribution < -0.4 is 21.5 Å². The number of carbonyl (C=O) groups is 2. The maximum atomic E-state index is 13.7. The maximum absolute atomic E-state index is 13.7. The zero-order valence-electron chi connectivity index (χ0n) is 18.7. The highest BCUT2D eigenvalue weighted by Gasteiger charge is 2.26. The zero-order chi connectivity index (χ0) is 24.8. The molecule has 1 atom stereocenters. The Hall–Kier alpha value is -3.11. The second kappa shape index (κ2) is 11.3. The average Bonchev–Trinajstić information content (AvgIpc) is 2.81. The number of ether oxygens (including phenoxy) is 2. The highest BCUT2D eigenvalue weighted by atomic mass is 35.5. The van der Waals surface area contributed by atoms with E-state index in [4.69, 9.17) is 32.5 Å². The molecule has 0 radical (unpaired) electrons. The van der Waals surface area contributed by atoms with Crippen LogP contribution in [0.5, 0.6) is 5.75 Å². The average molecular weight is 497 g/mol. The zero-order valence-corrected chi connectivity index (χ0v) is 19.4. The van der Waals surface area contributed by atoms with Gasteiger partial charge in [0.1, 0.15) is 11.9 Å². The highest BCUT2D eigenvalue weighted by molar-refractivity contribution is 6.33. The smallest absolute Gasteiger partial charge is 0.405 e. The number of primary amides is 1. The Morgan fingerprint density at radius 1 is 1.21 bits per heavy atom. The molecule has 1 aliphatic heterocycles. The Kier molecular flexibility index (Phi) is 8.51. The summed E-state index contributed by atoms with van der Waals surface area (Å²) in [4.78, 5) is 26.0. The van der Waals surface area contributed by atoms with Gasteiger partial charge in [-0.25, -0.2) is 13.6 Å². The molecule has 1 unspecified atom stereocenters. The summed E-state index contributed by atoms with van der Waals surface area (Å²) < 4.78 is 37.3. The van der Waals surface area contributed by atoms with Gasteiger partial charge in [-0.15, -0.1) is 0 Å². The standard InChI is InChI=1S/C23H27ClF2N4O4/c1-33-20-10-19(27)16(24)9-15(20)22(31)29-11-13-4-6-30(7-5-13)12-21(34-23(28)32)14-2-3-17(25)18(26)8-14/h2-3,8-10,13,21H,4-7,11-12,27H2,1H3,(H2,28,32)(H,29,31). The Labute approximate surface area is 201 Å². The van der Waals surface area contributed by atoms with Gasteiger partial charge in [0, 0.05) is 19.2 Å². The van der Waals surface area contributed by atoms with E-state index in [-0.39, 0.29) is 23.4 Å². The van der Waals surface area contributed by atoms with Crippen molar-refractivity contribution in [3.05, 3.63) is 58.1 Å². The number of nitrogens with two attached hydrogens (primary N) is 2. The summed E-state index contributed by atoms with van der Waals surface area (Å²) in [6.45, 7) is 2.08. The van der Waals surface area contributed by atoms with Crippen molar-refractivity contribution >= 4 is 29.3 Å². The monoisotopic (exact) mass is 496 g/mol. The molecule has 0 saturated carbocycles. The molecule has 2 aromatic carbocycles. The summed E-state index contributed by atoms with van der Waals surface area (Å²) in [6.07, 6.45) is -0.265. The molecule has 0 aromatic heterocycles. The van der Waals surface area contributed by atoms with Gasteiger partial charge in [0.25, 0.3) is 5.91 Å². The number of nitrogens with one attached hydrogen (secondary N) is 1. The number of piperidine rings is 1. The molecule has 0 aliphatic carbocycles. The molecule has 11 heteroatoms. The normalized spacial score (nSPS) is 15.5. The summed E-state index contributed by atoms with van der Waals surface area (Å²) in [5.41, 5.74) is 11.9. The van der Waals surface area contributed by atoms with Gasteiger partial charge in [-0.05, 0) is 55.6 Å². The van der Waals surface area contributed by atoms with E-state index in [0.717, 1.165) is 25.0 Å². The molecule has 1 heterocycles. The molecule has 5 N–H and O–H groups in total. The fourth-order valence-corrected chi connectivity index (χ4v) is 4.08. The number of nitrogen functional groups attached to an aromatic ring is 1. The Balaban J connectivity index is 1.54. The van der Waals surface area contributed by atoms with Crippen molar-refractivity contribution < 1.29 is 27.8 Å². The number of halogens is 3. The molecule has 0 bridgehead atoms. The minimum absolute atomic E-state index is 0.231. The Morgan fingerprint density at radius 2 is 1.91 bits per heavy atom. The lowest BCUT2D eigenvalue weighted by Crippen LogP contribution is -2.41. The number of carbonyl (C=O) groups excluding carboxylic acids is 2. The first-order valence-corrected chi connectivity index (χ1v) is 11.1. The summed E-state index contributed by atoms with van der Waals surface area (Å²) in [5, 5.41) is 3.18. The van der Waals surface area contributed by atoms with Crippen LogP contribution in [0.4, 0.5) is 19.3 Å². The van der Waals surface area contributed by atoms with Gasteiger partial charge in [0.2, 0.25) is 0 Å². The largest absolute Gasteiger partial charge is 0.496 e. The Bertz CT molecular complexity index is 1050. The fraction of sp³-hybridized carbons (Fsp3) is 0.391. The van der Waals surface area contributed by atoms with Crippen LogP contribution in [-0.2, 0) is 4.74 Å². The number of methoxy groups -OCH3 is 1. The van der Waals surface area contributed by atoms with Crippen molar-refractivity contribution in [2.75, 3.05) is 39.0 Å². The summed E-state index contributed by atoms with van der Waals surface area (Å²) in [6, 6.07) is 6.34. The third-order valence-electron chi connectivity index (χ3n) is 5.82. The van der Waals surface area contributed by atoms with Gasteiger partial charge < -0.3 is 26.3 Å². The van der Waals surface area contributed by atoms with Crippen molar-refractivity contribution in [3.63, 3.8) is 0 Å². The summed E-state index contributed by atoms with van der Waals surface area (Å²) in [7, 11) is 1.45. The molecule has 2 amide bonds. The molecule has 0 spiro atoms. The van der Waals surface area contributed by atoms with Crippen LogP contribution in [0.1, 0.15) is 34.9 Å². The van der Waals surface area contributed by atoms with Crippen LogP contribution in [0.15, 0.2) is 30.3 Å². The fourth-order valence-electron chi connectivity index (χ4n) is 3.92. The predicted octanol–water partition coefficient (Wildman–Crippen LogP) is 3.49. The number of nitrogens with zero attached hydrogens (tertiary/aromatic N) is 1. The second-order valence-electron chi connectivity index (χ2n) is 8.13. The number of anilines is 1. The Morgan fingerprint density at radius 3 is 2.53 bits per heavy atom. The number of benzene rings is 2. The van der Waals surface area contributed by atoms with Gasteiger partial charge in [0.15, 0.2) is 11.6 Å². The maximum Gasteiger partial charge on any atom is 0.405 e. The van der Waals surface area contributed by atoms with Crippen LogP contribution in [0.2, 0.25) is 5.02 Å². The van der Waals surface area contributed by atoms with E-state index in [1.165, 1.54) is 25.3 Å². The van der Waals surface area contributed by atoms with E-state index in [9.17, 15) is 18.4 Å². The van der Waals surface area contributed by atoms with Crippen molar-refractivity contribution in [2.45, 2.75) is 18.9 Å². The van der Waals surface area contributed by atoms with Crippen LogP contribution in [0, 0.1) is 17.6 Å². The van der Waals surface area contributed by atoms with E-state index >= 15 is 0 Å². The van der Waals surface area contributed by atoms with Crippen LogP contribution in [-0.4, -0.2) is 50.2 Å². The topological polar surface area (TPSA) is 120 Å². The van der Waals surface area contributed by atoms with Gasteiger partial charge >= 0.3 is 6.09 Å². The number of hydrogen-bond acceptors (Lipinski definition) is 6. The van der Waals surface area contributed by atoms with Gasteiger partial charge in [0.05, 0.1) is 23.4 Å². The molecule has 8 nitrogen and oxygen atoms in total. The molecule has 3 rings (SSSR count). The number of hydrogen-bond donors (Lipinski definition) is 3. The van der Waals surface area contributed by atoms with Crippen LogP contribution >= 0.6 is 11.6 Å². The lowest BCUT2D eigenvalue weighted by Gasteiger charge is -2.34. The number of rotatable bonds is 8. The predicted molar refractivity (Wildman–Crippen MR) is 124 cm³/mol. The molecular weight excluding hydrogens is 470 g/mol. The summed E-state index contributed by atoms with van der Waals surface area (Å²) >= 11 is 6.04. The first-order valence-electron chi connectivity index (χ1n) is 10.7. The van der Waals surface area contributed by atoms with E-state index in [2.05, 4.69) is 10.2 Å². The van der Waals surface area contributed by atoms with Crippen molar-refractivity contribution in [2.24, 2.45) is 11.7 Å². The third-order valence-corrected chi connectivity index (χ3v) is 6.15. The third kappa shape index (κ3) is 6.48. The molecule has 34 heavy (non-hydrogen) atoms. The molecule has 184 valence electrons.